The maximum absolute atomic E-state index is 13.1. The molecule has 0 bridgehead atoms. The number of carbonyl (C=O) groups excluding carboxylic acids is 1. The van der Waals surface area contributed by atoms with Crippen molar-refractivity contribution in [2.75, 3.05) is 51.4 Å². The lowest BCUT2D eigenvalue weighted by atomic mass is 10.1. The normalized spacial score (nSPS) is 16.4. The Balaban J connectivity index is 1.35. The maximum atomic E-state index is 13.1. The maximum Gasteiger partial charge on any atom is 0.258 e. The van der Waals surface area contributed by atoms with Gasteiger partial charge < -0.3 is 24.1 Å². The van der Waals surface area contributed by atoms with Gasteiger partial charge in [0, 0.05) is 60.8 Å². The first-order chi connectivity index (χ1) is 16.2. The van der Waals surface area contributed by atoms with E-state index in [0.29, 0.717) is 53.3 Å². The number of amides is 1. The Morgan fingerprint density at radius 3 is 2.58 bits per heavy atom. The Kier molecular flexibility index (Phi) is 6.28. The van der Waals surface area contributed by atoms with E-state index in [4.69, 9.17) is 14.2 Å². The van der Waals surface area contributed by atoms with Gasteiger partial charge in [-0.25, -0.2) is 0 Å². The van der Waals surface area contributed by atoms with Crippen molar-refractivity contribution in [3.63, 3.8) is 0 Å². The fourth-order valence-corrected chi connectivity index (χ4v) is 4.18. The van der Waals surface area contributed by atoms with Gasteiger partial charge in [-0.1, -0.05) is 6.07 Å². The van der Waals surface area contributed by atoms with Crippen molar-refractivity contribution < 1.29 is 19.0 Å². The number of hydrogen-bond acceptors (Lipinski definition) is 6. The van der Waals surface area contributed by atoms with E-state index in [1.165, 1.54) is 0 Å². The minimum absolute atomic E-state index is 0.0626. The van der Waals surface area contributed by atoms with Gasteiger partial charge in [-0.2, -0.15) is 0 Å². The molecule has 0 aliphatic carbocycles. The van der Waals surface area contributed by atoms with E-state index >= 15 is 0 Å². The highest BCUT2D eigenvalue weighted by molar-refractivity contribution is 6.09. The van der Waals surface area contributed by atoms with Gasteiger partial charge in [-0.15, -0.1) is 0 Å². The summed E-state index contributed by atoms with van der Waals surface area (Å²) < 4.78 is 18.4. The molecule has 0 saturated carbocycles. The van der Waals surface area contributed by atoms with Crippen LogP contribution in [-0.2, 0) is 11.3 Å². The Bertz CT molecular complexity index is 1220. The summed E-state index contributed by atoms with van der Waals surface area (Å²) in [7, 11) is 0. The second-order valence-electron chi connectivity index (χ2n) is 8.20. The highest BCUT2D eigenvalue weighted by Crippen LogP contribution is 2.31. The number of nitrogens with zero attached hydrogens (tertiary/aromatic N) is 2. The minimum atomic E-state index is -0.269. The van der Waals surface area contributed by atoms with Gasteiger partial charge in [0.2, 0.25) is 0 Å². The molecule has 2 aliphatic rings. The minimum Gasteiger partial charge on any atom is -0.490 e. The molecule has 1 amide bonds. The molecule has 33 heavy (non-hydrogen) atoms. The lowest BCUT2D eigenvalue weighted by molar-refractivity contribution is 0.0363. The van der Waals surface area contributed by atoms with Gasteiger partial charge in [0.05, 0.1) is 26.4 Å². The van der Waals surface area contributed by atoms with Crippen LogP contribution < -0.4 is 20.3 Å². The van der Waals surface area contributed by atoms with Gasteiger partial charge in [-0.3, -0.25) is 14.5 Å². The molecule has 1 N–H and O–H groups in total. The Hall–Kier alpha value is -3.36. The second-order valence-corrected chi connectivity index (χ2v) is 8.20. The second kappa shape index (κ2) is 9.64. The third-order valence-electron chi connectivity index (χ3n) is 6.04. The predicted octanol–water partition coefficient (Wildman–Crippen LogP) is 2.75. The molecule has 1 saturated heterocycles. The largest absolute Gasteiger partial charge is 0.490 e. The zero-order valence-electron chi connectivity index (χ0n) is 18.4. The number of aromatic nitrogens is 1. The van der Waals surface area contributed by atoms with Crippen LogP contribution in [0.15, 0.2) is 53.5 Å². The summed E-state index contributed by atoms with van der Waals surface area (Å²) in [6.45, 7) is 5.81. The average Bonchev–Trinajstić information content (AvgIpc) is 3.09. The van der Waals surface area contributed by atoms with Gasteiger partial charge in [-0.05, 0) is 36.4 Å². The monoisotopic (exact) mass is 449 g/mol. The van der Waals surface area contributed by atoms with E-state index in [9.17, 15) is 9.59 Å². The fourth-order valence-electron chi connectivity index (χ4n) is 4.18. The number of fused-ring (bicyclic) bond motifs is 2. The van der Waals surface area contributed by atoms with Crippen LogP contribution in [0, 0.1) is 0 Å². The molecule has 3 heterocycles. The lowest BCUT2D eigenvalue weighted by Crippen LogP contribution is -2.39. The Morgan fingerprint density at radius 2 is 1.73 bits per heavy atom. The van der Waals surface area contributed by atoms with Gasteiger partial charge >= 0.3 is 0 Å². The molecule has 2 aliphatic heterocycles. The standard InChI is InChI=1S/C25H27N3O5/c29-24(18-5-6-22-23(17-18)33-14-2-13-32-22)26-21-4-1-3-20-19(21)7-8-28(25(20)30)10-9-27-11-15-31-16-12-27/h1,3-8,17H,2,9-16H2,(H,26,29). The molecule has 0 radical (unpaired) electrons. The number of morpholine rings is 1. The SMILES string of the molecule is O=C(Nc1cccc2c(=O)n(CCN3CCOCC3)ccc12)c1ccc2c(c1)OCCCO2. The first-order valence-electron chi connectivity index (χ1n) is 11.3. The summed E-state index contributed by atoms with van der Waals surface area (Å²) in [5.41, 5.74) is 1.00. The summed E-state index contributed by atoms with van der Waals surface area (Å²) in [5, 5.41) is 4.24. The molecule has 2 aromatic carbocycles. The van der Waals surface area contributed by atoms with Crippen molar-refractivity contribution >= 4 is 22.4 Å². The van der Waals surface area contributed by atoms with Crippen LogP contribution in [0.5, 0.6) is 11.5 Å². The number of anilines is 1. The van der Waals surface area contributed by atoms with Crippen LogP contribution in [0.3, 0.4) is 0 Å². The molecule has 0 spiro atoms. The molecule has 8 nitrogen and oxygen atoms in total. The summed E-state index contributed by atoms with van der Waals surface area (Å²) >= 11 is 0. The molecule has 0 unspecified atom stereocenters. The third kappa shape index (κ3) is 4.72. The van der Waals surface area contributed by atoms with Crippen LogP contribution >= 0.6 is 0 Å². The molecular weight excluding hydrogens is 422 g/mol. The van der Waals surface area contributed by atoms with Crippen LogP contribution in [-0.4, -0.2) is 61.4 Å². The quantitative estimate of drug-likeness (QED) is 0.645. The van der Waals surface area contributed by atoms with Crippen molar-refractivity contribution in [3.8, 4) is 11.5 Å². The molecule has 3 aromatic rings. The van der Waals surface area contributed by atoms with Crippen molar-refractivity contribution in [2.45, 2.75) is 13.0 Å². The molecule has 1 aromatic heterocycles. The molecular formula is C25H27N3O5. The molecule has 1 fully saturated rings. The van der Waals surface area contributed by atoms with Crippen molar-refractivity contribution in [1.82, 2.24) is 9.47 Å². The third-order valence-corrected chi connectivity index (χ3v) is 6.04. The summed E-state index contributed by atoms with van der Waals surface area (Å²) in [6, 6.07) is 12.4. The lowest BCUT2D eigenvalue weighted by Gasteiger charge is -2.26. The van der Waals surface area contributed by atoms with Gasteiger partial charge in [0.1, 0.15) is 0 Å². The van der Waals surface area contributed by atoms with Crippen molar-refractivity contribution in [2.24, 2.45) is 0 Å². The van der Waals surface area contributed by atoms with Crippen LogP contribution in [0.25, 0.3) is 10.8 Å². The Morgan fingerprint density at radius 1 is 0.909 bits per heavy atom. The number of nitrogens with one attached hydrogen (secondary N) is 1. The van der Waals surface area contributed by atoms with Gasteiger partial charge in [0.15, 0.2) is 11.5 Å². The van der Waals surface area contributed by atoms with E-state index in [-0.39, 0.29) is 11.5 Å². The summed E-state index contributed by atoms with van der Waals surface area (Å²) in [4.78, 5) is 28.3. The number of rotatable bonds is 5. The van der Waals surface area contributed by atoms with E-state index in [0.717, 1.165) is 39.3 Å². The molecule has 172 valence electrons. The zero-order valence-corrected chi connectivity index (χ0v) is 18.4. The van der Waals surface area contributed by atoms with Gasteiger partial charge in [0.25, 0.3) is 11.5 Å². The van der Waals surface area contributed by atoms with E-state index in [1.807, 2.05) is 6.07 Å². The topological polar surface area (TPSA) is 82.0 Å². The number of pyridine rings is 1. The number of benzene rings is 2. The van der Waals surface area contributed by atoms with E-state index in [1.54, 1.807) is 47.2 Å². The average molecular weight is 450 g/mol. The van der Waals surface area contributed by atoms with Crippen LogP contribution in [0.1, 0.15) is 16.8 Å². The predicted molar refractivity (Wildman–Crippen MR) is 125 cm³/mol. The highest BCUT2D eigenvalue weighted by atomic mass is 16.5. The van der Waals surface area contributed by atoms with Crippen LogP contribution in [0.4, 0.5) is 5.69 Å². The molecule has 0 atom stereocenters. The van der Waals surface area contributed by atoms with Crippen LogP contribution in [0.2, 0.25) is 0 Å². The molecule has 8 heteroatoms. The summed E-state index contributed by atoms with van der Waals surface area (Å²) in [6.07, 6.45) is 2.60. The first-order valence-corrected chi connectivity index (χ1v) is 11.3. The fraction of sp³-hybridized carbons (Fsp3) is 0.360. The number of hydrogen-bond donors (Lipinski definition) is 1. The first kappa shape index (κ1) is 21.5. The molecule has 5 rings (SSSR count). The van der Waals surface area contributed by atoms with E-state index < -0.39 is 0 Å². The smallest absolute Gasteiger partial charge is 0.258 e. The highest BCUT2D eigenvalue weighted by Gasteiger charge is 2.16. The number of ether oxygens (including phenoxy) is 3. The van der Waals surface area contributed by atoms with Crippen molar-refractivity contribution in [3.05, 3.63) is 64.6 Å². The van der Waals surface area contributed by atoms with Crippen molar-refractivity contribution in [1.29, 1.82) is 0 Å². The Labute approximate surface area is 191 Å². The number of carbonyl (C=O) groups is 1. The summed E-state index contributed by atoms with van der Waals surface area (Å²) in [5.74, 6) is 0.947. The van der Waals surface area contributed by atoms with E-state index in [2.05, 4.69) is 10.2 Å². The zero-order chi connectivity index (χ0) is 22.6.